The predicted octanol–water partition coefficient (Wildman–Crippen LogP) is 1.94. The summed E-state index contributed by atoms with van der Waals surface area (Å²) in [4.78, 5) is 23.3. The number of fused-ring (bicyclic) bond motifs is 1. The average molecular weight is 210 g/mol. The highest BCUT2D eigenvalue weighted by atomic mass is 16.5. The highest BCUT2D eigenvalue weighted by molar-refractivity contribution is 5.99. The molecule has 2 rings (SSSR count). The van der Waals surface area contributed by atoms with E-state index in [0.717, 1.165) is 19.3 Å². The smallest absolute Gasteiger partial charge is 0.316 e. The van der Waals surface area contributed by atoms with Crippen LogP contribution in [0, 0.1) is 17.8 Å². The van der Waals surface area contributed by atoms with Crippen LogP contribution in [-0.4, -0.2) is 18.9 Å². The molecule has 0 unspecified atom stereocenters. The van der Waals surface area contributed by atoms with Gasteiger partial charge in [-0.2, -0.15) is 0 Å². The fraction of sp³-hybridized carbons (Fsp3) is 0.833. The van der Waals surface area contributed by atoms with E-state index >= 15 is 0 Å². The van der Waals surface area contributed by atoms with Crippen LogP contribution in [-0.2, 0) is 14.3 Å². The van der Waals surface area contributed by atoms with Crippen LogP contribution >= 0.6 is 0 Å². The monoisotopic (exact) mass is 210 g/mol. The lowest BCUT2D eigenvalue weighted by Crippen LogP contribution is -2.41. The van der Waals surface area contributed by atoms with Gasteiger partial charge in [-0.1, -0.05) is 19.3 Å². The average Bonchev–Trinajstić information content (AvgIpc) is 2.28. The van der Waals surface area contributed by atoms with Crippen molar-refractivity contribution in [2.24, 2.45) is 17.8 Å². The topological polar surface area (TPSA) is 43.4 Å². The predicted molar refractivity (Wildman–Crippen MR) is 55.2 cm³/mol. The molecule has 2 aliphatic carbocycles. The van der Waals surface area contributed by atoms with Crippen LogP contribution in [0.25, 0.3) is 0 Å². The Morgan fingerprint density at radius 3 is 2.73 bits per heavy atom. The first kappa shape index (κ1) is 10.7. The number of carbonyl (C=O) groups excluding carboxylic acids is 2. The lowest BCUT2D eigenvalue weighted by atomic mass is 9.65. The van der Waals surface area contributed by atoms with Gasteiger partial charge in [0.15, 0.2) is 0 Å². The van der Waals surface area contributed by atoms with Crippen LogP contribution in [0.2, 0.25) is 0 Å². The second kappa shape index (κ2) is 4.33. The number of methoxy groups -OCH3 is 1. The molecule has 2 aliphatic rings. The van der Waals surface area contributed by atoms with Crippen LogP contribution < -0.4 is 0 Å². The van der Waals surface area contributed by atoms with Crippen LogP contribution in [0.15, 0.2) is 0 Å². The number of rotatable bonds is 1. The van der Waals surface area contributed by atoms with E-state index in [-0.39, 0.29) is 17.7 Å². The molecule has 3 nitrogen and oxygen atoms in total. The van der Waals surface area contributed by atoms with Crippen molar-refractivity contribution in [1.82, 2.24) is 0 Å². The maximum Gasteiger partial charge on any atom is 0.316 e. The standard InChI is InChI=1S/C12H18O3/c1-15-12(14)11-9-5-3-2-4-8(9)6-7-10(11)13/h8-9,11H,2-7H2,1H3/t8-,9-,11-/m0/s1. The summed E-state index contributed by atoms with van der Waals surface area (Å²) in [5, 5.41) is 0. The van der Waals surface area contributed by atoms with E-state index in [9.17, 15) is 9.59 Å². The second-order valence-corrected chi connectivity index (χ2v) is 4.71. The summed E-state index contributed by atoms with van der Waals surface area (Å²) >= 11 is 0. The summed E-state index contributed by atoms with van der Waals surface area (Å²) in [5.41, 5.74) is 0. The molecule has 2 saturated carbocycles. The zero-order valence-electron chi connectivity index (χ0n) is 9.20. The molecule has 2 fully saturated rings. The van der Waals surface area contributed by atoms with Crippen LogP contribution in [0.3, 0.4) is 0 Å². The summed E-state index contributed by atoms with van der Waals surface area (Å²) < 4.78 is 4.75. The molecule has 0 aromatic heterocycles. The van der Waals surface area contributed by atoms with E-state index in [0.29, 0.717) is 12.3 Å². The number of hydrogen-bond donors (Lipinski definition) is 0. The zero-order valence-corrected chi connectivity index (χ0v) is 9.20. The van der Waals surface area contributed by atoms with Gasteiger partial charge in [-0.05, 0) is 24.7 Å². The van der Waals surface area contributed by atoms with Crippen molar-refractivity contribution < 1.29 is 14.3 Å². The molecule has 0 aliphatic heterocycles. The molecule has 84 valence electrons. The van der Waals surface area contributed by atoms with Crippen LogP contribution in [0.4, 0.5) is 0 Å². The quantitative estimate of drug-likeness (QED) is 0.490. The molecule has 0 spiro atoms. The molecule has 0 N–H and O–H groups in total. The van der Waals surface area contributed by atoms with Crippen molar-refractivity contribution in [1.29, 1.82) is 0 Å². The van der Waals surface area contributed by atoms with Gasteiger partial charge in [0.05, 0.1) is 7.11 Å². The van der Waals surface area contributed by atoms with Crippen molar-refractivity contribution in [3.05, 3.63) is 0 Å². The third-order valence-corrected chi connectivity index (χ3v) is 3.96. The van der Waals surface area contributed by atoms with Gasteiger partial charge in [0.25, 0.3) is 0 Å². The van der Waals surface area contributed by atoms with E-state index in [1.165, 1.54) is 20.0 Å². The Morgan fingerprint density at radius 2 is 2.00 bits per heavy atom. The molecular formula is C12H18O3. The van der Waals surface area contributed by atoms with Gasteiger partial charge in [0.1, 0.15) is 11.7 Å². The first-order valence-corrected chi connectivity index (χ1v) is 5.84. The summed E-state index contributed by atoms with van der Waals surface area (Å²) in [6.45, 7) is 0. The van der Waals surface area contributed by atoms with Crippen LogP contribution in [0.5, 0.6) is 0 Å². The first-order chi connectivity index (χ1) is 7.24. The Bertz CT molecular complexity index is 264. The number of carbonyl (C=O) groups is 2. The van der Waals surface area contributed by atoms with Crippen LogP contribution in [0.1, 0.15) is 38.5 Å². The van der Waals surface area contributed by atoms with Gasteiger partial charge in [-0.25, -0.2) is 0 Å². The number of esters is 1. The minimum Gasteiger partial charge on any atom is -0.468 e. The lowest BCUT2D eigenvalue weighted by Gasteiger charge is -2.38. The Hall–Kier alpha value is -0.860. The normalized spacial score (nSPS) is 35.8. The molecule has 0 amide bonds. The SMILES string of the molecule is COC(=O)[C@@H]1C(=O)CC[C@@H]2CCCC[C@@H]21. The molecule has 0 aromatic rings. The maximum atomic E-state index is 11.7. The summed E-state index contributed by atoms with van der Waals surface area (Å²) in [6, 6.07) is 0. The fourth-order valence-corrected chi connectivity index (χ4v) is 3.19. The van der Waals surface area contributed by atoms with Crippen molar-refractivity contribution in [2.45, 2.75) is 38.5 Å². The molecule has 0 aromatic carbocycles. The molecule has 0 radical (unpaired) electrons. The fourth-order valence-electron chi connectivity index (χ4n) is 3.19. The van der Waals surface area contributed by atoms with E-state index in [1.54, 1.807) is 0 Å². The third kappa shape index (κ3) is 1.92. The summed E-state index contributed by atoms with van der Waals surface area (Å²) in [7, 11) is 1.38. The molecule has 0 heterocycles. The molecule has 3 heteroatoms. The van der Waals surface area contributed by atoms with Gasteiger partial charge in [-0.3, -0.25) is 9.59 Å². The van der Waals surface area contributed by atoms with E-state index in [2.05, 4.69) is 0 Å². The minimum atomic E-state index is -0.450. The van der Waals surface area contributed by atoms with Gasteiger partial charge in [-0.15, -0.1) is 0 Å². The second-order valence-electron chi connectivity index (χ2n) is 4.71. The molecule has 3 atom stereocenters. The van der Waals surface area contributed by atoms with Gasteiger partial charge in [0.2, 0.25) is 0 Å². The largest absolute Gasteiger partial charge is 0.468 e. The maximum absolute atomic E-state index is 11.7. The zero-order chi connectivity index (χ0) is 10.8. The number of ketones is 1. The highest BCUT2D eigenvalue weighted by Gasteiger charge is 2.43. The van der Waals surface area contributed by atoms with Crippen molar-refractivity contribution in [2.75, 3.05) is 7.11 Å². The molecule has 0 saturated heterocycles. The third-order valence-electron chi connectivity index (χ3n) is 3.96. The van der Waals surface area contributed by atoms with Gasteiger partial charge in [0, 0.05) is 6.42 Å². The Morgan fingerprint density at radius 1 is 1.27 bits per heavy atom. The van der Waals surface area contributed by atoms with Crippen molar-refractivity contribution in [3.8, 4) is 0 Å². The highest BCUT2D eigenvalue weighted by Crippen LogP contribution is 2.42. The van der Waals surface area contributed by atoms with E-state index in [1.807, 2.05) is 0 Å². The Kier molecular flexibility index (Phi) is 3.08. The molecule has 0 bridgehead atoms. The Balaban J connectivity index is 2.16. The van der Waals surface area contributed by atoms with E-state index < -0.39 is 5.92 Å². The van der Waals surface area contributed by atoms with E-state index in [4.69, 9.17) is 4.74 Å². The van der Waals surface area contributed by atoms with Gasteiger partial charge < -0.3 is 4.74 Å². The lowest BCUT2D eigenvalue weighted by molar-refractivity contribution is -0.155. The minimum absolute atomic E-state index is 0.102. The Labute approximate surface area is 90.2 Å². The number of Topliss-reactive ketones (excluding diaryl/α,β-unsaturated/α-hetero) is 1. The summed E-state index contributed by atoms with van der Waals surface area (Å²) in [6.07, 6.45) is 6.17. The molecular weight excluding hydrogens is 192 g/mol. The van der Waals surface area contributed by atoms with Crippen molar-refractivity contribution >= 4 is 11.8 Å². The van der Waals surface area contributed by atoms with Gasteiger partial charge >= 0.3 is 5.97 Å². The van der Waals surface area contributed by atoms with Crippen molar-refractivity contribution in [3.63, 3.8) is 0 Å². The molecule has 15 heavy (non-hydrogen) atoms. The number of hydrogen-bond acceptors (Lipinski definition) is 3. The first-order valence-electron chi connectivity index (χ1n) is 5.84. The number of ether oxygens (including phenoxy) is 1. The summed E-state index contributed by atoms with van der Waals surface area (Å²) in [5.74, 6) is 0.198.